The summed E-state index contributed by atoms with van der Waals surface area (Å²) in [6.07, 6.45) is 0. The van der Waals surface area contributed by atoms with Crippen molar-refractivity contribution in [2.75, 3.05) is 31.7 Å². The second-order valence-corrected chi connectivity index (χ2v) is 4.06. The minimum absolute atomic E-state index is 0.0263. The van der Waals surface area contributed by atoms with Crippen molar-refractivity contribution >= 4 is 23.1 Å². The second-order valence-electron chi connectivity index (χ2n) is 3.65. The largest absolute Gasteiger partial charge is 0.384 e. The maximum Gasteiger partial charge on any atom is 0.122 e. The standard InChI is InChI=1S/C12H18ClN3O/c1-3-16(6-7-17-2)11-5-4-9(12(14)15)8-10(11)13/h4-5,8H,3,6-7H2,1-2H3,(H3,14,15). The van der Waals surface area contributed by atoms with Gasteiger partial charge in [0.05, 0.1) is 17.3 Å². The van der Waals surface area contributed by atoms with Crippen molar-refractivity contribution in [3.63, 3.8) is 0 Å². The summed E-state index contributed by atoms with van der Waals surface area (Å²) < 4.78 is 5.06. The molecule has 0 spiro atoms. The Hall–Kier alpha value is -1.26. The first-order valence-electron chi connectivity index (χ1n) is 5.48. The van der Waals surface area contributed by atoms with Crippen LogP contribution in [0.1, 0.15) is 12.5 Å². The Morgan fingerprint density at radius 3 is 2.71 bits per heavy atom. The molecule has 4 nitrogen and oxygen atoms in total. The molecule has 17 heavy (non-hydrogen) atoms. The number of hydrogen-bond donors (Lipinski definition) is 2. The number of benzene rings is 1. The average molecular weight is 256 g/mol. The van der Waals surface area contributed by atoms with Crippen LogP contribution in [0.3, 0.4) is 0 Å². The molecule has 0 aliphatic heterocycles. The van der Waals surface area contributed by atoms with Crippen LogP contribution in [0.25, 0.3) is 0 Å². The van der Waals surface area contributed by atoms with Crippen molar-refractivity contribution in [2.45, 2.75) is 6.92 Å². The number of ether oxygens (including phenoxy) is 1. The molecule has 0 unspecified atom stereocenters. The van der Waals surface area contributed by atoms with Crippen LogP contribution < -0.4 is 10.6 Å². The fraction of sp³-hybridized carbons (Fsp3) is 0.417. The minimum atomic E-state index is 0.0263. The summed E-state index contributed by atoms with van der Waals surface area (Å²) in [6, 6.07) is 5.41. The highest BCUT2D eigenvalue weighted by molar-refractivity contribution is 6.33. The third kappa shape index (κ3) is 3.61. The molecule has 0 fully saturated rings. The quantitative estimate of drug-likeness (QED) is 0.604. The van der Waals surface area contributed by atoms with Crippen LogP contribution in [0.2, 0.25) is 5.02 Å². The third-order valence-electron chi connectivity index (χ3n) is 2.55. The first kappa shape index (κ1) is 13.8. The number of nitrogens with two attached hydrogens (primary N) is 1. The van der Waals surface area contributed by atoms with E-state index < -0.39 is 0 Å². The van der Waals surface area contributed by atoms with E-state index in [-0.39, 0.29) is 5.84 Å². The highest BCUT2D eigenvalue weighted by Crippen LogP contribution is 2.26. The number of likely N-dealkylation sites (N-methyl/N-ethyl adjacent to an activating group) is 1. The van der Waals surface area contributed by atoms with Crippen LogP contribution in [0, 0.1) is 5.41 Å². The first-order valence-corrected chi connectivity index (χ1v) is 5.85. The number of nitrogens with one attached hydrogen (secondary N) is 1. The van der Waals surface area contributed by atoms with Crippen molar-refractivity contribution in [1.29, 1.82) is 5.41 Å². The van der Waals surface area contributed by atoms with E-state index in [1.54, 1.807) is 19.2 Å². The summed E-state index contributed by atoms with van der Waals surface area (Å²) in [5.74, 6) is 0.0263. The molecule has 0 radical (unpaired) electrons. The predicted molar refractivity (Wildman–Crippen MR) is 72.2 cm³/mol. The molecule has 5 heteroatoms. The third-order valence-corrected chi connectivity index (χ3v) is 2.85. The molecule has 0 amide bonds. The van der Waals surface area contributed by atoms with Crippen LogP contribution in [0.5, 0.6) is 0 Å². The molecule has 0 saturated heterocycles. The van der Waals surface area contributed by atoms with Crippen molar-refractivity contribution in [3.8, 4) is 0 Å². The van der Waals surface area contributed by atoms with E-state index in [2.05, 4.69) is 11.8 Å². The molecule has 1 aromatic rings. The molecule has 0 aromatic heterocycles. The summed E-state index contributed by atoms with van der Waals surface area (Å²) in [7, 11) is 1.67. The Bertz CT molecular complexity index is 395. The highest BCUT2D eigenvalue weighted by atomic mass is 35.5. The predicted octanol–water partition coefficient (Wildman–Crippen LogP) is 2.10. The Labute approximate surface area is 107 Å². The normalized spacial score (nSPS) is 10.3. The molecule has 0 bridgehead atoms. The molecule has 3 N–H and O–H groups in total. The summed E-state index contributed by atoms with van der Waals surface area (Å²) in [5.41, 5.74) is 6.99. The fourth-order valence-electron chi connectivity index (χ4n) is 1.58. The lowest BCUT2D eigenvalue weighted by atomic mass is 10.2. The lowest BCUT2D eigenvalue weighted by molar-refractivity contribution is 0.205. The lowest BCUT2D eigenvalue weighted by Crippen LogP contribution is -2.27. The van der Waals surface area contributed by atoms with Gasteiger partial charge in [0.15, 0.2) is 0 Å². The molecule has 0 atom stereocenters. The number of hydrogen-bond acceptors (Lipinski definition) is 3. The van der Waals surface area contributed by atoms with E-state index in [0.717, 1.165) is 18.8 Å². The monoisotopic (exact) mass is 255 g/mol. The van der Waals surface area contributed by atoms with Crippen LogP contribution in [0.15, 0.2) is 18.2 Å². The molecule has 0 saturated carbocycles. The van der Waals surface area contributed by atoms with E-state index in [1.807, 2.05) is 6.07 Å². The topological polar surface area (TPSA) is 62.3 Å². The van der Waals surface area contributed by atoms with Crippen LogP contribution >= 0.6 is 11.6 Å². The van der Waals surface area contributed by atoms with Gasteiger partial charge in [-0.25, -0.2) is 0 Å². The Kier molecular flexibility index (Phi) is 5.25. The summed E-state index contributed by atoms with van der Waals surface area (Å²) in [5, 5.41) is 7.96. The van der Waals surface area contributed by atoms with E-state index in [9.17, 15) is 0 Å². The van der Waals surface area contributed by atoms with Crippen LogP contribution in [-0.2, 0) is 4.74 Å². The van der Waals surface area contributed by atoms with Crippen LogP contribution in [-0.4, -0.2) is 32.6 Å². The van der Waals surface area contributed by atoms with Crippen molar-refractivity contribution in [1.82, 2.24) is 0 Å². The number of amidine groups is 1. The Balaban J connectivity index is 2.92. The molecule has 1 aromatic carbocycles. The van der Waals surface area contributed by atoms with Gasteiger partial charge in [0.2, 0.25) is 0 Å². The molecule has 94 valence electrons. The maximum absolute atomic E-state index is 7.35. The van der Waals surface area contributed by atoms with E-state index in [1.165, 1.54) is 0 Å². The van der Waals surface area contributed by atoms with Gasteiger partial charge in [-0.3, -0.25) is 5.41 Å². The van der Waals surface area contributed by atoms with Crippen LogP contribution in [0.4, 0.5) is 5.69 Å². The number of methoxy groups -OCH3 is 1. The highest BCUT2D eigenvalue weighted by Gasteiger charge is 2.09. The summed E-state index contributed by atoms with van der Waals surface area (Å²) >= 11 is 6.19. The van der Waals surface area contributed by atoms with Crippen molar-refractivity contribution < 1.29 is 4.74 Å². The molecular weight excluding hydrogens is 238 g/mol. The average Bonchev–Trinajstić information content (AvgIpc) is 2.31. The van der Waals surface area contributed by atoms with E-state index in [4.69, 9.17) is 27.5 Å². The second kappa shape index (κ2) is 6.47. The number of anilines is 1. The summed E-state index contributed by atoms with van der Waals surface area (Å²) in [4.78, 5) is 2.12. The number of nitrogen functional groups attached to an aromatic ring is 1. The summed E-state index contributed by atoms with van der Waals surface area (Å²) in [6.45, 7) is 4.35. The van der Waals surface area contributed by atoms with Crippen molar-refractivity contribution in [3.05, 3.63) is 28.8 Å². The lowest BCUT2D eigenvalue weighted by Gasteiger charge is -2.24. The zero-order valence-corrected chi connectivity index (χ0v) is 10.9. The van der Waals surface area contributed by atoms with Gasteiger partial charge < -0.3 is 15.4 Å². The fourth-order valence-corrected chi connectivity index (χ4v) is 1.88. The zero-order chi connectivity index (χ0) is 12.8. The van der Waals surface area contributed by atoms with Gasteiger partial charge in [-0.2, -0.15) is 0 Å². The molecule has 0 aliphatic carbocycles. The van der Waals surface area contributed by atoms with Crippen molar-refractivity contribution in [2.24, 2.45) is 5.73 Å². The van der Waals surface area contributed by atoms with Gasteiger partial charge in [-0.1, -0.05) is 11.6 Å². The minimum Gasteiger partial charge on any atom is -0.384 e. The van der Waals surface area contributed by atoms with Gasteiger partial charge in [-0.05, 0) is 25.1 Å². The van der Waals surface area contributed by atoms with Gasteiger partial charge in [0.1, 0.15) is 5.84 Å². The van der Waals surface area contributed by atoms with E-state index in [0.29, 0.717) is 17.2 Å². The first-order chi connectivity index (χ1) is 8.10. The molecule has 0 aliphatic rings. The number of nitrogens with zero attached hydrogens (tertiary/aromatic N) is 1. The van der Waals surface area contributed by atoms with E-state index >= 15 is 0 Å². The number of halogens is 1. The SMILES string of the molecule is CCN(CCOC)c1ccc(C(=N)N)cc1Cl. The Morgan fingerprint density at radius 2 is 2.24 bits per heavy atom. The van der Waals surface area contributed by atoms with Gasteiger partial charge in [-0.15, -0.1) is 0 Å². The molecule has 0 heterocycles. The van der Waals surface area contributed by atoms with Gasteiger partial charge in [0, 0.05) is 25.8 Å². The zero-order valence-electron chi connectivity index (χ0n) is 10.2. The van der Waals surface area contributed by atoms with Gasteiger partial charge in [0.25, 0.3) is 0 Å². The molecule has 1 rings (SSSR count). The van der Waals surface area contributed by atoms with Gasteiger partial charge >= 0.3 is 0 Å². The maximum atomic E-state index is 7.35. The molecular formula is C12H18ClN3O. The number of rotatable bonds is 6. The smallest absolute Gasteiger partial charge is 0.122 e. The Morgan fingerprint density at radius 1 is 1.53 bits per heavy atom.